The minimum Gasteiger partial charge on any atom is -0.465 e. The van der Waals surface area contributed by atoms with E-state index in [1.54, 1.807) is 6.92 Å². The molecule has 90 valence electrons. The van der Waals surface area contributed by atoms with Crippen molar-refractivity contribution in [3.05, 3.63) is 0 Å². The maximum atomic E-state index is 11.3. The van der Waals surface area contributed by atoms with E-state index in [4.69, 9.17) is 4.74 Å². The molecule has 0 heterocycles. The van der Waals surface area contributed by atoms with Gasteiger partial charge in [0.1, 0.15) is 12.3 Å². The molecular formula is C10H16N2O4. The zero-order valence-corrected chi connectivity index (χ0v) is 9.49. The monoisotopic (exact) mass is 228 g/mol. The molecule has 1 aliphatic carbocycles. The Bertz CT molecular complexity index is 297. The van der Waals surface area contributed by atoms with Gasteiger partial charge < -0.3 is 9.47 Å². The van der Waals surface area contributed by atoms with Crippen molar-refractivity contribution in [2.24, 2.45) is 11.0 Å². The van der Waals surface area contributed by atoms with E-state index in [2.05, 4.69) is 15.3 Å². The maximum Gasteiger partial charge on any atom is 0.354 e. The number of carbonyl (C=O) groups is 2. The van der Waals surface area contributed by atoms with Crippen LogP contribution in [0.4, 0.5) is 0 Å². The van der Waals surface area contributed by atoms with Crippen molar-refractivity contribution in [3.63, 3.8) is 0 Å². The van der Waals surface area contributed by atoms with Gasteiger partial charge in [0, 0.05) is 5.92 Å². The molecule has 0 bridgehead atoms. The summed E-state index contributed by atoms with van der Waals surface area (Å²) in [7, 11) is 1.31. The number of hydrogen-bond donors (Lipinski definition) is 1. The van der Waals surface area contributed by atoms with Crippen LogP contribution in [0.15, 0.2) is 5.10 Å². The van der Waals surface area contributed by atoms with Gasteiger partial charge in [0.2, 0.25) is 0 Å². The van der Waals surface area contributed by atoms with Gasteiger partial charge in [-0.2, -0.15) is 5.10 Å². The van der Waals surface area contributed by atoms with Crippen molar-refractivity contribution in [1.82, 2.24) is 5.43 Å². The highest BCUT2D eigenvalue weighted by atomic mass is 16.5. The van der Waals surface area contributed by atoms with Crippen LogP contribution in [0.1, 0.15) is 19.8 Å². The lowest BCUT2D eigenvalue weighted by molar-refractivity contribution is -0.142. The molecule has 0 spiro atoms. The second-order valence-corrected chi connectivity index (χ2v) is 3.40. The van der Waals surface area contributed by atoms with E-state index < -0.39 is 11.9 Å². The minimum absolute atomic E-state index is 0.0406. The Hall–Kier alpha value is -1.59. The molecule has 0 aromatic heterocycles. The Morgan fingerprint density at radius 3 is 2.62 bits per heavy atom. The summed E-state index contributed by atoms with van der Waals surface area (Å²) in [6.07, 6.45) is 1.88. The van der Waals surface area contributed by atoms with Crippen LogP contribution in [-0.2, 0) is 19.1 Å². The summed E-state index contributed by atoms with van der Waals surface area (Å²) in [5.74, 6) is -0.674. The van der Waals surface area contributed by atoms with Gasteiger partial charge in [-0.05, 0) is 19.8 Å². The topological polar surface area (TPSA) is 77.0 Å². The second kappa shape index (κ2) is 6.09. The number of methoxy groups -OCH3 is 1. The Morgan fingerprint density at radius 1 is 1.44 bits per heavy atom. The van der Waals surface area contributed by atoms with Crippen molar-refractivity contribution >= 4 is 17.7 Å². The van der Waals surface area contributed by atoms with E-state index in [1.165, 1.54) is 7.11 Å². The summed E-state index contributed by atoms with van der Waals surface area (Å²) in [6, 6.07) is 0. The number of hydrogen-bond acceptors (Lipinski definition) is 6. The van der Waals surface area contributed by atoms with Gasteiger partial charge >= 0.3 is 11.9 Å². The number of rotatable bonds is 6. The summed E-state index contributed by atoms with van der Waals surface area (Å²) >= 11 is 0. The molecule has 0 aromatic rings. The lowest BCUT2D eigenvalue weighted by Crippen LogP contribution is -2.26. The van der Waals surface area contributed by atoms with E-state index >= 15 is 0 Å². The smallest absolute Gasteiger partial charge is 0.354 e. The van der Waals surface area contributed by atoms with E-state index in [9.17, 15) is 9.59 Å². The molecule has 1 rings (SSSR count). The number of carbonyl (C=O) groups excluding carboxylic acids is 2. The summed E-state index contributed by atoms with van der Waals surface area (Å²) < 4.78 is 9.29. The Balaban J connectivity index is 2.39. The standard InChI is InChI=1S/C10H16N2O4/c1-3-16-8(13)6-11-12-9(7-4-5-7)10(14)15-2/h7,11H,3-6H2,1-2H3/b12-9-. The molecule has 6 nitrogen and oxygen atoms in total. The third-order valence-electron chi connectivity index (χ3n) is 2.09. The van der Waals surface area contributed by atoms with Crippen LogP contribution in [-0.4, -0.2) is 37.9 Å². The molecule has 0 aliphatic heterocycles. The first kappa shape index (κ1) is 12.5. The van der Waals surface area contributed by atoms with Gasteiger partial charge in [0.05, 0.1) is 13.7 Å². The van der Waals surface area contributed by atoms with Gasteiger partial charge in [-0.25, -0.2) is 4.79 Å². The first-order valence-corrected chi connectivity index (χ1v) is 5.23. The number of nitrogens with zero attached hydrogens (tertiary/aromatic N) is 1. The number of hydrazone groups is 1. The number of esters is 2. The van der Waals surface area contributed by atoms with Crippen LogP contribution in [0.5, 0.6) is 0 Å². The maximum absolute atomic E-state index is 11.3. The molecule has 6 heteroatoms. The zero-order chi connectivity index (χ0) is 12.0. The average molecular weight is 228 g/mol. The van der Waals surface area contributed by atoms with E-state index in [0.29, 0.717) is 12.3 Å². The quantitative estimate of drug-likeness (QED) is 0.395. The highest BCUT2D eigenvalue weighted by Crippen LogP contribution is 2.30. The first-order valence-electron chi connectivity index (χ1n) is 5.23. The third-order valence-corrected chi connectivity index (χ3v) is 2.09. The minimum atomic E-state index is -0.446. The Labute approximate surface area is 94.0 Å². The Kier molecular flexibility index (Phi) is 4.75. The van der Waals surface area contributed by atoms with Crippen molar-refractivity contribution in [1.29, 1.82) is 0 Å². The Morgan fingerprint density at radius 2 is 2.12 bits per heavy atom. The lowest BCUT2D eigenvalue weighted by atomic mass is 10.2. The molecule has 0 aromatic carbocycles. The normalized spacial score (nSPS) is 15.5. The van der Waals surface area contributed by atoms with Gasteiger partial charge in [0.15, 0.2) is 0 Å². The lowest BCUT2D eigenvalue weighted by Gasteiger charge is -2.04. The van der Waals surface area contributed by atoms with Crippen molar-refractivity contribution < 1.29 is 19.1 Å². The number of nitrogens with one attached hydrogen (secondary N) is 1. The molecule has 1 N–H and O–H groups in total. The summed E-state index contributed by atoms with van der Waals surface area (Å²) in [6.45, 7) is 2.02. The highest BCUT2D eigenvalue weighted by Gasteiger charge is 2.33. The molecule has 0 atom stereocenters. The van der Waals surface area contributed by atoms with Crippen LogP contribution in [0, 0.1) is 5.92 Å². The van der Waals surface area contributed by atoms with Crippen molar-refractivity contribution in [3.8, 4) is 0 Å². The van der Waals surface area contributed by atoms with Gasteiger partial charge in [0.25, 0.3) is 0 Å². The third kappa shape index (κ3) is 3.88. The SMILES string of the molecule is CCOC(=O)CN/N=C(\C(=O)OC)C1CC1. The van der Waals surface area contributed by atoms with Gasteiger partial charge in [-0.15, -0.1) is 0 Å². The molecule has 0 saturated heterocycles. The molecule has 1 fully saturated rings. The molecule has 1 aliphatic rings. The molecular weight excluding hydrogens is 212 g/mol. The van der Waals surface area contributed by atoms with Crippen molar-refractivity contribution in [2.45, 2.75) is 19.8 Å². The van der Waals surface area contributed by atoms with E-state index in [1.807, 2.05) is 0 Å². The van der Waals surface area contributed by atoms with E-state index in [0.717, 1.165) is 12.8 Å². The van der Waals surface area contributed by atoms with Crippen LogP contribution >= 0.6 is 0 Å². The second-order valence-electron chi connectivity index (χ2n) is 3.40. The van der Waals surface area contributed by atoms with Crippen LogP contribution < -0.4 is 5.43 Å². The molecule has 0 unspecified atom stereocenters. The van der Waals surface area contributed by atoms with Crippen molar-refractivity contribution in [2.75, 3.05) is 20.3 Å². The van der Waals surface area contributed by atoms with Gasteiger partial charge in [-0.1, -0.05) is 0 Å². The summed E-state index contributed by atoms with van der Waals surface area (Å²) in [4.78, 5) is 22.3. The molecule has 16 heavy (non-hydrogen) atoms. The highest BCUT2D eigenvalue weighted by molar-refractivity contribution is 6.37. The fraction of sp³-hybridized carbons (Fsp3) is 0.700. The fourth-order valence-corrected chi connectivity index (χ4v) is 1.17. The zero-order valence-electron chi connectivity index (χ0n) is 9.49. The van der Waals surface area contributed by atoms with Crippen LogP contribution in [0.2, 0.25) is 0 Å². The number of ether oxygens (including phenoxy) is 2. The average Bonchev–Trinajstić information content (AvgIpc) is 3.08. The summed E-state index contributed by atoms with van der Waals surface area (Å²) in [5, 5.41) is 3.87. The fourth-order valence-electron chi connectivity index (χ4n) is 1.17. The first-order chi connectivity index (χ1) is 7.69. The molecule has 0 radical (unpaired) electrons. The molecule has 0 amide bonds. The van der Waals surface area contributed by atoms with Crippen LogP contribution in [0.3, 0.4) is 0 Å². The van der Waals surface area contributed by atoms with E-state index in [-0.39, 0.29) is 12.5 Å². The summed E-state index contributed by atoms with van der Waals surface area (Å²) in [5.41, 5.74) is 2.87. The predicted octanol–water partition coefficient (Wildman–Crippen LogP) is 0.0781. The van der Waals surface area contributed by atoms with Gasteiger partial charge in [-0.3, -0.25) is 10.2 Å². The predicted molar refractivity (Wildman–Crippen MR) is 56.8 cm³/mol. The largest absolute Gasteiger partial charge is 0.465 e. The molecule has 1 saturated carbocycles. The van der Waals surface area contributed by atoms with Crippen LogP contribution in [0.25, 0.3) is 0 Å².